The molecule has 2 aromatic carbocycles. The van der Waals surface area contributed by atoms with E-state index < -0.39 is 0 Å². The van der Waals surface area contributed by atoms with Crippen LogP contribution in [-0.4, -0.2) is 18.4 Å². The van der Waals surface area contributed by atoms with E-state index in [-0.39, 0.29) is 30.7 Å². The van der Waals surface area contributed by atoms with Crippen molar-refractivity contribution >= 4 is 23.6 Å². The highest BCUT2D eigenvalue weighted by molar-refractivity contribution is 6.12. The fourth-order valence-electron chi connectivity index (χ4n) is 2.92. The third-order valence-electron chi connectivity index (χ3n) is 4.27. The van der Waals surface area contributed by atoms with Gasteiger partial charge in [-0.25, -0.2) is 0 Å². The van der Waals surface area contributed by atoms with Gasteiger partial charge in [0.25, 0.3) is 5.91 Å². The summed E-state index contributed by atoms with van der Waals surface area (Å²) in [4.78, 5) is 26.8. The van der Waals surface area contributed by atoms with Gasteiger partial charge in [0, 0.05) is 0 Å². The van der Waals surface area contributed by atoms with Gasteiger partial charge in [0.15, 0.2) is 11.5 Å². The van der Waals surface area contributed by atoms with Gasteiger partial charge in [-0.05, 0) is 35.9 Å². The number of carbonyl (C=O) groups is 2. The van der Waals surface area contributed by atoms with Crippen LogP contribution in [0.1, 0.15) is 11.3 Å². The summed E-state index contributed by atoms with van der Waals surface area (Å²) < 4.78 is 11.0. The Bertz CT molecular complexity index is 1010. The van der Waals surface area contributed by atoms with E-state index >= 15 is 0 Å². The minimum Gasteiger partial charge on any atom is -0.467 e. The molecule has 0 bridgehead atoms. The predicted octanol–water partition coefficient (Wildman–Crippen LogP) is 3.36. The molecule has 0 fully saturated rings. The number of nitrogens with one attached hydrogen (secondary N) is 1. The zero-order valence-electron chi connectivity index (χ0n) is 15.0. The van der Waals surface area contributed by atoms with Gasteiger partial charge in [0.2, 0.25) is 5.91 Å². The van der Waals surface area contributed by atoms with Gasteiger partial charge in [-0.15, -0.1) is 0 Å². The second kappa shape index (κ2) is 7.84. The molecule has 2 heterocycles. The largest absolute Gasteiger partial charge is 0.467 e. The van der Waals surface area contributed by atoms with E-state index in [9.17, 15) is 9.59 Å². The number of nitrogens with zero attached hydrogens (tertiary/aromatic N) is 1. The molecule has 0 aliphatic carbocycles. The Balaban J connectivity index is 1.56. The number of fused-ring (bicyclic) bond motifs is 1. The first-order valence-electron chi connectivity index (χ1n) is 8.85. The van der Waals surface area contributed by atoms with Gasteiger partial charge in [-0.2, -0.15) is 0 Å². The zero-order valence-corrected chi connectivity index (χ0v) is 15.0. The van der Waals surface area contributed by atoms with E-state index in [1.54, 1.807) is 42.7 Å². The first-order valence-corrected chi connectivity index (χ1v) is 8.85. The first kappa shape index (κ1) is 17.6. The van der Waals surface area contributed by atoms with E-state index in [0.717, 1.165) is 5.56 Å². The average molecular weight is 374 g/mol. The summed E-state index contributed by atoms with van der Waals surface area (Å²) in [5.74, 6) is 0.690. The molecule has 0 atom stereocenters. The lowest BCUT2D eigenvalue weighted by Gasteiger charge is -2.30. The number of rotatable bonds is 5. The van der Waals surface area contributed by atoms with Crippen molar-refractivity contribution in [2.75, 3.05) is 11.4 Å². The number of benzene rings is 2. The molecule has 4 rings (SSSR count). The molecular weight excluding hydrogens is 356 g/mol. The Morgan fingerprint density at radius 1 is 1.00 bits per heavy atom. The van der Waals surface area contributed by atoms with Crippen molar-refractivity contribution in [3.8, 4) is 5.75 Å². The normalized spacial score (nSPS) is 14.5. The number of hydrogen-bond acceptors (Lipinski definition) is 4. The lowest BCUT2D eigenvalue weighted by Crippen LogP contribution is -2.44. The molecule has 0 unspecified atom stereocenters. The SMILES string of the molecule is O=C(CN1C(=O)C(=Cc2ccccc2)Oc2ccccc21)NCc1ccco1. The van der Waals surface area contributed by atoms with Crippen LogP contribution < -0.4 is 15.0 Å². The summed E-state index contributed by atoms with van der Waals surface area (Å²) in [7, 11) is 0. The number of ether oxygens (including phenoxy) is 1. The second-order valence-electron chi connectivity index (χ2n) is 6.24. The first-order chi connectivity index (χ1) is 13.7. The number of anilines is 1. The number of amides is 2. The number of para-hydroxylation sites is 2. The Kier molecular flexibility index (Phi) is 4.93. The van der Waals surface area contributed by atoms with Gasteiger partial charge in [-0.1, -0.05) is 42.5 Å². The fourth-order valence-corrected chi connectivity index (χ4v) is 2.92. The molecular formula is C22H18N2O4. The highest BCUT2D eigenvalue weighted by Gasteiger charge is 2.31. The van der Waals surface area contributed by atoms with E-state index in [1.165, 1.54) is 4.90 Å². The molecule has 0 spiro atoms. The zero-order chi connectivity index (χ0) is 19.3. The highest BCUT2D eigenvalue weighted by Crippen LogP contribution is 2.35. The Labute approximate surface area is 162 Å². The van der Waals surface area contributed by atoms with Crippen LogP contribution >= 0.6 is 0 Å². The molecule has 1 aliphatic rings. The average Bonchev–Trinajstić information content (AvgIpc) is 3.24. The minimum atomic E-state index is -0.365. The lowest BCUT2D eigenvalue weighted by atomic mass is 10.1. The summed E-state index contributed by atoms with van der Waals surface area (Å²) in [6.07, 6.45) is 3.22. The molecule has 3 aromatic rings. The van der Waals surface area contributed by atoms with Crippen molar-refractivity contribution < 1.29 is 18.7 Å². The van der Waals surface area contributed by atoms with Gasteiger partial charge in [-0.3, -0.25) is 14.5 Å². The molecule has 6 heteroatoms. The van der Waals surface area contributed by atoms with Crippen LogP contribution in [0.5, 0.6) is 5.75 Å². The van der Waals surface area contributed by atoms with Crippen LogP contribution in [-0.2, 0) is 16.1 Å². The number of hydrogen-bond donors (Lipinski definition) is 1. The van der Waals surface area contributed by atoms with E-state index in [2.05, 4.69) is 5.32 Å². The maximum atomic E-state index is 13.0. The maximum absolute atomic E-state index is 13.0. The van der Waals surface area contributed by atoms with Crippen molar-refractivity contribution in [3.63, 3.8) is 0 Å². The van der Waals surface area contributed by atoms with Gasteiger partial charge in [0.1, 0.15) is 12.3 Å². The molecule has 0 radical (unpaired) electrons. The standard InChI is InChI=1S/C22H18N2O4/c25-21(23-14-17-9-6-12-27-17)15-24-18-10-4-5-11-19(18)28-20(22(24)26)13-16-7-2-1-3-8-16/h1-13H,14-15H2,(H,23,25). The van der Waals surface area contributed by atoms with Crippen LogP contribution in [0.3, 0.4) is 0 Å². The fraction of sp³-hybridized carbons (Fsp3) is 0.0909. The van der Waals surface area contributed by atoms with Gasteiger partial charge >= 0.3 is 0 Å². The molecule has 6 nitrogen and oxygen atoms in total. The molecule has 1 N–H and O–H groups in total. The number of furan rings is 1. The van der Waals surface area contributed by atoms with Crippen molar-refractivity contribution in [2.45, 2.75) is 6.54 Å². The van der Waals surface area contributed by atoms with Gasteiger partial charge in [0.05, 0.1) is 18.5 Å². The van der Waals surface area contributed by atoms with Crippen LogP contribution in [0.4, 0.5) is 5.69 Å². The Morgan fingerprint density at radius 3 is 2.57 bits per heavy atom. The molecule has 28 heavy (non-hydrogen) atoms. The summed E-state index contributed by atoms with van der Waals surface area (Å²) in [6.45, 7) is 0.144. The monoisotopic (exact) mass is 374 g/mol. The Hall–Kier alpha value is -3.80. The summed E-state index contributed by atoms with van der Waals surface area (Å²) in [5, 5.41) is 2.76. The van der Waals surface area contributed by atoms with Crippen LogP contribution in [0, 0.1) is 0 Å². The van der Waals surface area contributed by atoms with Crippen LogP contribution in [0.15, 0.2) is 83.2 Å². The van der Waals surface area contributed by atoms with Crippen LogP contribution in [0.25, 0.3) is 6.08 Å². The van der Waals surface area contributed by atoms with Crippen molar-refractivity contribution in [2.24, 2.45) is 0 Å². The number of carbonyl (C=O) groups excluding carboxylic acids is 2. The quantitative estimate of drug-likeness (QED) is 0.695. The third-order valence-corrected chi connectivity index (χ3v) is 4.27. The van der Waals surface area contributed by atoms with E-state index in [1.807, 2.05) is 36.4 Å². The third kappa shape index (κ3) is 3.81. The smallest absolute Gasteiger partial charge is 0.294 e. The van der Waals surface area contributed by atoms with E-state index in [0.29, 0.717) is 17.2 Å². The lowest BCUT2D eigenvalue weighted by molar-refractivity contribution is -0.123. The Morgan fingerprint density at radius 2 is 1.79 bits per heavy atom. The van der Waals surface area contributed by atoms with Crippen molar-refractivity contribution in [1.82, 2.24) is 5.32 Å². The second-order valence-corrected chi connectivity index (χ2v) is 6.24. The minimum absolute atomic E-state index is 0.119. The summed E-state index contributed by atoms with van der Waals surface area (Å²) >= 11 is 0. The van der Waals surface area contributed by atoms with E-state index in [4.69, 9.17) is 9.15 Å². The molecule has 0 saturated heterocycles. The van der Waals surface area contributed by atoms with Gasteiger partial charge < -0.3 is 14.5 Å². The maximum Gasteiger partial charge on any atom is 0.294 e. The van der Waals surface area contributed by atoms with Crippen molar-refractivity contribution in [3.05, 3.63) is 90.1 Å². The molecule has 2 amide bonds. The molecule has 1 aliphatic heterocycles. The predicted molar refractivity (Wildman–Crippen MR) is 104 cm³/mol. The highest BCUT2D eigenvalue weighted by atomic mass is 16.5. The summed E-state index contributed by atoms with van der Waals surface area (Å²) in [6, 6.07) is 20.1. The van der Waals surface area contributed by atoms with Crippen molar-refractivity contribution in [1.29, 1.82) is 0 Å². The summed E-state index contributed by atoms with van der Waals surface area (Å²) in [5.41, 5.74) is 1.40. The topological polar surface area (TPSA) is 71.8 Å². The molecule has 140 valence electrons. The van der Waals surface area contributed by atoms with Crippen LogP contribution in [0.2, 0.25) is 0 Å². The molecule has 0 saturated carbocycles. The molecule has 1 aromatic heterocycles.